The highest BCUT2D eigenvalue weighted by Crippen LogP contribution is 2.43. The van der Waals surface area contributed by atoms with Crippen molar-refractivity contribution in [2.75, 3.05) is 32.0 Å². The van der Waals surface area contributed by atoms with E-state index in [1.54, 1.807) is 6.07 Å². The van der Waals surface area contributed by atoms with E-state index >= 15 is 0 Å². The van der Waals surface area contributed by atoms with E-state index in [2.05, 4.69) is 0 Å². The topological polar surface area (TPSA) is 118 Å². The minimum Gasteiger partial charge on any atom is -0.494 e. The maximum Gasteiger partial charge on any atom is 0.304 e. The fraction of sp³-hybridized carbons (Fsp3) is 0.367. The third-order valence-corrected chi connectivity index (χ3v) is 7.98. The Balaban J connectivity index is 1.34. The van der Waals surface area contributed by atoms with Crippen LogP contribution >= 0.6 is 0 Å². The molecule has 0 spiro atoms. The summed E-state index contributed by atoms with van der Waals surface area (Å²) in [5, 5.41) is 9.13. The predicted octanol–water partition coefficient (Wildman–Crippen LogP) is 5.04. The van der Waals surface area contributed by atoms with E-state index in [0.717, 1.165) is 33.4 Å². The summed E-state index contributed by atoms with van der Waals surface area (Å²) in [4.78, 5) is 11.1. The van der Waals surface area contributed by atoms with Crippen LogP contribution in [0.4, 0.5) is 0 Å². The maximum absolute atomic E-state index is 11.4. The molecule has 0 radical (unpaired) electrons. The van der Waals surface area contributed by atoms with E-state index in [0.29, 0.717) is 48.4 Å². The van der Waals surface area contributed by atoms with Crippen molar-refractivity contribution in [3.05, 3.63) is 64.7 Å². The largest absolute Gasteiger partial charge is 0.494 e. The molecule has 0 aliphatic carbocycles. The standard InChI is InChI=1S/C30H32O9S/c1-18-9-24(35-7-4-8-40(3,33)34)10-19(2)29(18)20-11-22(30-27(12-20)38-17-39-30)16-36-23-5-6-25-21(13-28(31)32)15-37-26(25)14-23/h5-6,9-12,14,21H,4,7-8,13,15-17H2,1-3H3,(H,31,32)/t21-/m1/s1. The van der Waals surface area contributed by atoms with Gasteiger partial charge in [-0.15, -0.1) is 0 Å². The minimum atomic E-state index is -3.02. The number of benzene rings is 3. The number of carboxylic acid groups (broad SMARTS) is 1. The normalized spacial score (nSPS) is 15.4. The molecule has 3 aromatic rings. The van der Waals surface area contributed by atoms with Crippen LogP contribution in [-0.2, 0) is 21.2 Å². The monoisotopic (exact) mass is 568 g/mol. The van der Waals surface area contributed by atoms with Crippen LogP contribution in [0.1, 0.15) is 41.0 Å². The van der Waals surface area contributed by atoms with Gasteiger partial charge in [0.1, 0.15) is 33.7 Å². The second-order valence-electron chi connectivity index (χ2n) is 10.2. The Morgan fingerprint density at radius 2 is 1.75 bits per heavy atom. The van der Waals surface area contributed by atoms with Crippen LogP contribution in [0.2, 0.25) is 0 Å². The van der Waals surface area contributed by atoms with Crippen molar-refractivity contribution in [2.24, 2.45) is 0 Å². The van der Waals surface area contributed by atoms with Crippen LogP contribution in [0.25, 0.3) is 11.1 Å². The van der Waals surface area contributed by atoms with Gasteiger partial charge in [0.2, 0.25) is 6.79 Å². The average molecular weight is 569 g/mol. The fourth-order valence-corrected chi connectivity index (χ4v) is 5.84. The minimum absolute atomic E-state index is 0.0264. The van der Waals surface area contributed by atoms with E-state index in [9.17, 15) is 13.2 Å². The van der Waals surface area contributed by atoms with Crippen LogP contribution in [0.15, 0.2) is 42.5 Å². The van der Waals surface area contributed by atoms with Gasteiger partial charge < -0.3 is 28.8 Å². The molecule has 0 aromatic heterocycles. The van der Waals surface area contributed by atoms with Crippen LogP contribution in [0, 0.1) is 13.8 Å². The zero-order chi connectivity index (χ0) is 28.4. The molecule has 0 unspecified atom stereocenters. The summed E-state index contributed by atoms with van der Waals surface area (Å²) < 4.78 is 51.9. The van der Waals surface area contributed by atoms with E-state index in [1.165, 1.54) is 6.26 Å². The molecular weight excluding hydrogens is 536 g/mol. The smallest absolute Gasteiger partial charge is 0.304 e. The van der Waals surface area contributed by atoms with Gasteiger partial charge in [-0.2, -0.15) is 0 Å². The first-order chi connectivity index (χ1) is 19.1. The molecule has 2 heterocycles. The molecule has 2 aliphatic rings. The van der Waals surface area contributed by atoms with Crippen LogP contribution in [0.3, 0.4) is 0 Å². The summed E-state index contributed by atoms with van der Waals surface area (Å²) in [6, 6.07) is 13.4. The summed E-state index contributed by atoms with van der Waals surface area (Å²) in [6.45, 7) is 5.04. The van der Waals surface area contributed by atoms with Crippen molar-refractivity contribution in [1.82, 2.24) is 0 Å². The van der Waals surface area contributed by atoms with Crippen LogP contribution in [0.5, 0.6) is 28.7 Å². The Labute approximate surface area is 233 Å². The molecule has 9 nitrogen and oxygen atoms in total. The number of hydrogen-bond acceptors (Lipinski definition) is 8. The fourth-order valence-electron chi connectivity index (χ4n) is 5.20. The van der Waals surface area contributed by atoms with Gasteiger partial charge in [-0.05, 0) is 72.9 Å². The number of rotatable bonds is 11. The van der Waals surface area contributed by atoms with E-state index in [1.807, 2.05) is 50.2 Å². The summed E-state index contributed by atoms with van der Waals surface area (Å²) in [7, 11) is -3.02. The number of ether oxygens (including phenoxy) is 5. The first kappa shape index (κ1) is 27.6. The molecular formula is C30H32O9S. The Bertz CT molecular complexity index is 1520. The number of aryl methyl sites for hydroxylation is 2. The summed E-state index contributed by atoms with van der Waals surface area (Å²) in [5.41, 5.74) is 5.72. The number of sulfone groups is 1. The molecule has 3 aromatic carbocycles. The first-order valence-corrected chi connectivity index (χ1v) is 15.1. The van der Waals surface area contributed by atoms with E-state index in [4.69, 9.17) is 28.8 Å². The van der Waals surface area contributed by atoms with Gasteiger partial charge in [0.15, 0.2) is 11.5 Å². The molecule has 1 atom stereocenters. The Morgan fingerprint density at radius 1 is 0.975 bits per heavy atom. The van der Waals surface area contributed by atoms with Crippen molar-refractivity contribution in [3.63, 3.8) is 0 Å². The number of aliphatic carboxylic acids is 1. The molecule has 2 aliphatic heterocycles. The third kappa shape index (κ3) is 6.28. The Hall–Kier alpha value is -3.92. The quantitative estimate of drug-likeness (QED) is 0.317. The van der Waals surface area contributed by atoms with Gasteiger partial charge in [-0.3, -0.25) is 4.79 Å². The van der Waals surface area contributed by atoms with E-state index in [-0.39, 0.29) is 31.5 Å². The van der Waals surface area contributed by atoms with Gasteiger partial charge in [-0.25, -0.2) is 8.42 Å². The SMILES string of the molecule is Cc1cc(OCCCS(C)(=O)=O)cc(C)c1-c1cc(COc2ccc3c(c2)OC[C@H]3CC(=O)O)c2c(c1)OCO2. The van der Waals surface area contributed by atoms with Gasteiger partial charge in [0, 0.05) is 29.4 Å². The lowest BCUT2D eigenvalue weighted by Gasteiger charge is -2.16. The zero-order valence-electron chi connectivity index (χ0n) is 22.7. The molecule has 0 saturated heterocycles. The van der Waals surface area contributed by atoms with Gasteiger partial charge >= 0.3 is 5.97 Å². The molecule has 0 amide bonds. The summed E-state index contributed by atoms with van der Waals surface area (Å²) >= 11 is 0. The summed E-state index contributed by atoms with van der Waals surface area (Å²) in [5.74, 6) is 2.31. The van der Waals surface area contributed by atoms with Crippen molar-refractivity contribution >= 4 is 15.8 Å². The molecule has 40 heavy (non-hydrogen) atoms. The lowest BCUT2D eigenvalue weighted by atomic mass is 9.93. The third-order valence-electron chi connectivity index (χ3n) is 6.95. The first-order valence-electron chi connectivity index (χ1n) is 13.0. The molecule has 5 rings (SSSR count). The van der Waals surface area contributed by atoms with Crippen LogP contribution in [-0.4, -0.2) is 51.5 Å². The Kier molecular flexibility index (Phi) is 7.80. The number of carboxylic acids is 1. The highest BCUT2D eigenvalue weighted by atomic mass is 32.2. The molecule has 1 N–H and O–H groups in total. The van der Waals surface area contributed by atoms with Gasteiger partial charge in [0.25, 0.3) is 0 Å². The van der Waals surface area contributed by atoms with Crippen molar-refractivity contribution < 1.29 is 42.0 Å². The van der Waals surface area contributed by atoms with Crippen molar-refractivity contribution in [3.8, 4) is 39.9 Å². The van der Waals surface area contributed by atoms with Crippen LogP contribution < -0.4 is 23.7 Å². The lowest BCUT2D eigenvalue weighted by Crippen LogP contribution is -2.08. The second kappa shape index (κ2) is 11.3. The van der Waals surface area contributed by atoms with Crippen molar-refractivity contribution in [2.45, 2.75) is 39.2 Å². The summed E-state index contributed by atoms with van der Waals surface area (Å²) in [6.07, 6.45) is 1.68. The lowest BCUT2D eigenvalue weighted by molar-refractivity contribution is -0.137. The number of carbonyl (C=O) groups is 1. The molecule has 212 valence electrons. The highest BCUT2D eigenvalue weighted by Gasteiger charge is 2.27. The number of fused-ring (bicyclic) bond motifs is 2. The van der Waals surface area contributed by atoms with E-state index < -0.39 is 15.8 Å². The van der Waals surface area contributed by atoms with Gasteiger partial charge in [-0.1, -0.05) is 6.07 Å². The maximum atomic E-state index is 11.4. The average Bonchev–Trinajstić information content (AvgIpc) is 3.51. The Morgan fingerprint density at radius 3 is 2.48 bits per heavy atom. The zero-order valence-corrected chi connectivity index (χ0v) is 23.5. The molecule has 0 fully saturated rings. The predicted molar refractivity (Wildman–Crippen MR) is 149 cm³/mol. The van der Waals surface area contributed by atoms with Gasteiger partial charge in [0.05, 0.1) is 25.4 Å². The molecule has 0 saturated carbocycles. The van der Waals surface area contributed by atoms with Crippen molar-refractivity contribution in [1.29, 1.82) is 0 Å². The highest BCUT2D eigenvalue weighted by molar-refractivity contribution is 7.90. The molecule has 10 heteroatoms. The molecule has 0 bridgehead atoms. The number of hydrogen-bond donors (Lipinski definition) is 1. The second-order valence-corrected chi connectivity index (χ2v) is 12.5.